The highest BCUT2D eigenvalue weighted by molar-refractivity contribution is 5.81. The van der Waals surface area contributed by atoms with Gasteiger partial charge < -0.3 is 14.5 Å². The van der Waals surface area contributed by atoms with Crippen molar-refractivity contribution in [3.8, 4) is 0 Å². The second-order valence-corrected chi connectivity index (χ2v) is 6.87. The molecular formula is C16H28N2O2. The van der Waals surface area contributed by atoms with Crippen LogP contribution in [0.5, 0.6) is 0 Å². The summed E-state index contributed by atoms with van der Waals surface area (Å²) in [7, 11) is 0. The summed E-state index contributed by atoms with van der Waals surface area (Å²) in [5, 5.41) is 0. The van der Waals surface area contributed by atoms with Crippen molar-refractivity contribution in [2.24, 2.45) is 5.92 Å². The number of likely N-dealkylation sites (tertiary alicyclic amines) is 1. The second-order valence-electron chi connectivity index (χ2n) is 6.87. The van der Waals surface area contributed by atoms with Crippen LogP contribution in [0.3, 0.4) is 0 Å². The smallest absolute Gasteiger partial charge is 0.251 e. The third-order valence-electron chi connectivity index (χ3n) is 5.26. The Bertz CT molecular complexity index is 359. The topological polar surface area (TPSA) is 32.8 Å². The van der Waals surface area contributed by atoms with E-state index in [-0.39, 0.29) is 17.6 Å². The summed E-state index contributed by atoms with van der Waals surface area (Å²) in [6.07, 6.45) is 6.17. The number of hydrogen-bond acceptors (Lipinski definition) is 3. The van der Waals surface area contributed by atoms with E-state index in [2.05, 4.69) is 11.8 Å². The van der Waals surface area contributed by atoms with E-state index in [0.29, 0.717) is 0 Å². The van der Waals surface area contributed by atoms with Gasteiger partial charge in [-0.3, -0.25) is 4.79 Å². The number of nitrogens with zero attached hydrogens (tertiary/aromatic N) is 2. The van der Waals surface area contributed by atoms with Crippen LogP contribution in [0.1, 0.15) is 46.0 Å². The molecule has 4 heteroatoms. The van der Waals surface area contributed by atoms with Crippen molar-refractivity contribution >= 4 is 5.91 Å². The number of piperidine rings is 1. The quantitative estimate of drug-likeness (QED) is 0.788. The molecule has 20 heavy (non-hydrogen) atoms. The number of morpholine rings is 1. The van der Waals surface area contributed by atoms with Gasteiger partial charge in [0.1, 0.15) is 6.10 Å². The number of ether oxygens (including phenoxy) is 1. The molecule has 2 saturated heterocycles. The lowest BCUT2D eigenvalue weighted by molar-refractivity contribution is -0.189. The van der Waals surface area contributed by atoms with Gasteiger partial charge in [0.05, 0.1) is 5.60 Å². The van der Waals surface area contributed by atoms with Crippen molar-refractivity contribution in [1.29, 1.82) is 0 Å². The average molecular weight is 280 g/mol. The molecule has 0 aromatic rings. The summed E-state index contributed by atoms with van der Waals surface area (Å²) in [4.78, 5) is 16.6. The first-order valence-corrected chi connectivity index (χ1v) is 8.31. The van der Waals surface area contributed by atoms with Crippen LogP contribution >= 0.6 is 0 Å². The van der Waals surface area contributed by atoms with Crippen molar-refractivity contribution in [3.05, 3.63) is 0 Å². The molecule has 4 nitrogen and oxygen atoms in total. The minimum atomic E-state index is -0.262. The fraction of sp³-hybridized carbons (Fsp3) is 0.938. The van der Waals surface area contributed by atoms with Crippen molar-refractivity contribution in [2.75, 3.05) is 32.7 Å². The van der Waals surface area contributed by atoms with Crippen LogP contribution in [0.2, 0.25) is 0 Å². The van der Waals surface area contributed by atoms with E-state index in [1.165, 1.54) is 25.8 Å². The molecule has 1 amide bonds. The summed E-state index contributed by atoms with van der Waals surface area (Å²) in [6, 6.07) is 0. The third kappa shape index (κ3) is 3.01. The van der Waals surface area contributed by atoms with Gasteiger partial charge in [-0.1, -0.05) is 12.8 Å². The molecule has 0 aromatic carbocycles. The highest BCUT2D eigenvalue weighted by atomic mass is 16.5. The van der Waals surface area contributed by atoms with Crippen LogP contribution < -0.4 is 0 Å². The molecule has 2 heterocycles. The van der Waals surface area contributed by atoms with Crippen molar-refractivity contribution in [2.45, 2.75) is 57.7 Å². The number of carbonyl (C=O) groups excluding carboxylic acids is 1. The van der Waals surface area contributed by atoms with Crippen LogP contribution in [0, 0.1) is 5.92 Å². The van der Waals surface area contributed by atoms with Crippen LogP contribution in [0.4, 0.5) is 0 Å². The zero-order chi connectivity index (χ0) is 14.2. The standard InChI is InChI=1S/C16H28N2O2/c1-3-18-12-16(20-13(2)15(18)19)7-10-17(11-8-16)9-6-14-4-5-14/h13-14H,3-12H2,1-2H3. The van der Waals surface area contributed by atoms with Crippen LogP contribution in [0.25, 0.3) is 0 Å². The molecule has 114 valence electrons. The Morgan fingerprint density at radius 3 is 2.60 bits per heavy atom. The van der Waals surface area contributed by atoms with Crippen LogP contribution in [-0.2, 0) is 9.53 Å². The average Bonchev–Trinajstić information content (AvgIpc) is 3.27. The van der Waals surface area contributed by atoms with Gasteiger partial charge in [0.2, 0.25) is 0 Å². The second kappa shape index (κ2) is 5.64. The SMILES string of the molecule is CCN1CC2(CCN(CCC3CC3)CC2)OC(C)C1=O. The summed E-state index contributed by atoms with van der Waals surface area (Å²) < 4.78 is 6.13. The van der Waals surface area contributed by atoms with Crippen molar-refractivity contribution in [1.82, 2.24) is 9.80 Å². The molecule has 0 bridgehead atoms. The maximum absolute atomic E-state index is 12.0. The summed E-state index contributed by atoms with van der Waals surface area (Å²) >= 11 is 0. The molecule has 1 atom stereocenters. The van der Waals surface area contributed by atoms with Crippen molar-refractivity contribution in [3.63, 3.8) is 0 Å². The highest BCUT2D eigenvalue weighted by Gasteiger charge is 2.44. The van der Waals surface area contributed by atoms with Gasteiger partial charge in [-0.2, -0.15) is 0 Å². The van der Waals surface area contributed by atoms with E-state index in [1.807, 2.05) is 11.8 Å². The lowest BCUT2D eigenvalue weighted by Crippen LogP contribution is -2.61. The zero-order valence-corrected chi connectivity index (χ0v) is 12.9. The Morgan fingerprint density at radius 1 is 1.30 bits per heavy atom. The van der Waals surface area contributed by atoms with Gasteiger partial charge in [0, 0.05) is 26.2 Å². The first-order chi connectivity index (χ1) is 9.62. The first kappa shape index (κ1) is 14.3. The fourth-order valence-electron chi connectivity index (χ4n) is 3.64. The minimum Gasteiger partial charge on any atom is -0.360 e. The zero-order valence-electron chi connectivity index (χ0n) is 12.9. The molecule has 1 unspecified atom stereocenters. The summed E-state index contributed by atoms with van der Waals surface area (Å²) in [5.74, 6) is 1.18. The molecule has 0 N–H and O–H groups in total. The molecule has 3 rings (SSSR count). The van der Waals surface area contributed by atoms with Crippen LogP contribution in [-0.4, -0.2) is 60.1 Å². The number of amides is 1. The fourth-order valence-corrected chi connectivity index (χ4v) is 3.64. The van der Waals surface area contributed by atoms with E-state index in [4.69, 9.17) is 4.74 Å². The molecular weight excluding hydrogens is 252 g/mol. The highest BCUT2D eigenvalue weighted by Crippen LogP contribution is 2.35. The largest absolute Gasteiger partial charge is 0.360 e. The molecule has 3 fully saturated rings. The summed E-state index contributed by atoms with van der Waals surface area (Å²) in [6.45, 7) is 9.09. The number of likely N-dealkylation sites (N-methyl/N-ethyl adjacent to an activating group) is 1. The Labute approximate surface area is 122 Å². The maximum Gasteiger partial charge on any atom is 0.251 e. The first-order valence-electron chi connectivity index (χ1n) is 8.31. The Balaban J connectivity index is 1.53. The number of carbonyl (C=O) groups is 1. The Kier molecular flexibility index (Phi) is 4.04. The third-order valence-corrected chi connectivity index (χ3v) is 5.26. The molecule has 1 aliphatic carbocycles. The molecule has 0 radical (unpaired) electrons. The Morgan fingerprint density at radius 2 is 2.00 bits per heavy atom. The van der Waals surface area contributed by atoms with E-state index < -0.39 is 0 Å². The van der Waals surface area contributed by atoms with Gasteiger partial charge in [-0.05, 0) is 45.6 Å². The van der Waals surface area contributed by atoms with E-state index in [0.717, 1.165) is 44.9 Å². The molecule has 1 spiro atoms. The number of hydrogen-bond donors (Lipinski definition) is 0. The summed E-state index contributed by atoms with van der Waals surface area (Å²) in [5.41, 5.74) is -0.0700. The predicted molar refractivity (Wildman–Crippen MR) is 78.5 cm³/mol. The lowest BCUT2D eigenvalue weighted by atomic mass is 9.88. The van der Waals surface area contributed by atoms with Crippen LogP contribution in [0.15, 0.2) is 0 Å². The molecule has 3 aliphatic rings. The molecule has 0 aromatic heterocycles. The van der Waals surface area contributed by atoms with E-state index in [9.17, 15) is 4.79 Å². The monoisotopic (exact) mass is 280 g/mol. The van der Waals surface area contributed by atoms with Gasteiger partial charge >= 0.3 is 0 Å². The van der Waals surface area contributed by atoms with Crippen molar-refractivity contribution < 1.29 is 9.53 Å². The number of rotatable bonds is 4. The predicted octanol–water partition coefficient (Wildman–Crippen LogP) is 1.89. The molecule has 2 aliphatic heterocycles. The van der Waals surface area contributed by atoms with Gasteiger partial charge in [-0.15, -0.1) is 0 Å². The maximum atomic E-state index is 12.0. The van der Waals surface area contributed by atoms with E-state index in [1.54, 1.807) is 0 Å². The normalized spacial score (nSPS) is 31.0. The minimum absolute atomic E-state index is 0.0700. The Hall–Kier alpha value is -0.610. The molecule has 1 saturated carbocycles. The van der Waals surface area contributed by atoms with Gasteiger partial charge in [0.15, 0.2) is 0 Å². The lowest BCUT2D eigenvalue weighted by Gasteiger charge is -2.49. The van der Waals surface area contributed by atoms with Gasteiger partial charge in [-0.25, -0.2) is 0 Å². The van der Waals surface area contributed by atoms with E-state index >= 15 is 0 Å². The van der Waals surface area contributed by atoms with Gasteiger partial charge in [0.25, 0.3) is 5.91 Å².